The predicted molar refractivity (Wildman–Crippen MR) is 112 cm³/mol. The van der Waals surface area contributed by atoms with Gasteiger partial charge in [-0.3, -0.25) is 4.28 Å². The molecule has 0 heterocycles. The lowest BCUT2D eigenvalue weighted by Gasteiger charge is -2.12. The van der Waals surface area contributed by atoms with Crippen molar-refractivity contribution in [2.75, 3.05) is 26.6 Å². The van der Waals surface area contributed by atoms with Gasteiger partial charge in [0.15, 0.2) is 11.4 Å². The van der Waals surface area contributed by atoms with Crippen molar-refractivity contribution in [1.29, 1.82) is 0 Å². The predicted octanol–water partition coefficient (Wildman–Crippen LogP) is 4.30. The standard InChI is InChI=1S/C20H18F6N2O6S/c1-31-27-17(19(21,22)23)13-3-7-15(8-4-13)32-11-12-33-16-9-5-14(6-10-16)18(20(24,25)26)28-34-35(2,29)30/h3-10H,11-12H2,1-2H3/b27-17-,28-18-. The number of ether oxygens (including phenoxy) is 2. The van der Waals surface area contributed by atoms with Crippen LogP contribution in [0.4, 0.5) is 26.3 Å². The highest BCUT2D eigenvalue weighted by Gasteiger charge is 2.39. The normalized spacial score (nSPS) is 13.4. The third-order valence-electron chi connectivity index (χ3n) is 3.86. The van der Waals surface area contributed by atoms with Gasteiger partial charge in [0.25, 0.3) is 0 Å². The Bertz CT molecular complexity index is 1140. The van der Waals surface area contributed by atoms with Crippen LogP contribution in [0.2, 0.25) is 0 Å². The smallest absolute Gasteiger partial charge is 0.437 e. The fraction of sp³-hybridized carbons (Fsp3) is 0.300. The van der Waals surface area contributed by atoms with Crippen LogP contribution in [0, 0.1) is 0 Å². The lowest BCUT2D eigenvalue weighted by molar-refractivity contribution is -0.0613. The Morgan fingerprint density at radius 1 is 0.743 bits per heavy atom. The van der Waals surface area contributed by atoms with Crippen molar-refractivity contribution >= 4 is 21.5 Å². The number of oxime groups is 2. The Balaban J connectivity index is 1.95. The number of alkyl halides is 6. The maximum atomic E-state index is 13.1. The van der Waals surface area contributed by atoms with Gasteiger partial charge in [-0.1, -0.05) is 10.3 Å². The summed E-state index contributed by atoms with van der Waals surface area (Å²) in [6, 6.07) is 9.27. The summed E-state index contributed by atoms with van der Waals surface area (Å²) in [6.45, 7) is -0.0751. The van der Waals surface area contributed by atoms with E-state index in [0.717, 1.165) is 31.4 Å². The van der Waals surface area contributed by atoms with Crippen molar-refractivity contribution in [1.82, 2.24) is 0 Å². The van der Waals surface area contributed by atoms with Crippen LogP contribution in [0.1, 0.15) is 11.1 Å². The molecule has 0 aliphatic carbocycles. The maximum absolute atomic E-state index is 13.1. The van der Waals surface area contributed by atoms with Crippen LogP contribution in [0.5, 0.6) is 11.5 Å². The zero-order valence-corrected chi connectivity index (χ0v) is 18.9. The van der Waals surface area contributed by atoms with E-state index < -0.39 is 39.5 Å². The number of hydrogen-bond donors (Lipinski definition) is 0. The van der Waals surface area contributed by atoms with Crippen LogP contribution >= 0.6 is 0 Å². The summed E-state index contributed by atoms with van der Waals surface area (Å²) < 4.78 is 115. The number of halogens is 6. The van der Waals surface area contributed by atoms with Crippen molar-refractivity contribution in [3.05, 3.63) is 59.7 Å². The van der Waals surface area contributed by atoms with Crippen LogP contribution in [0.15, 0.2) is 58.8 Å². The Kier molecular flexibility index (Phi) is 8.95. The first kappa shape index (κ1) is 27.8. The highest BCUT2D eigenvalue weighted by molar-refractivity contribution is 7.85. The Morgan fingerprint density at radius 3 is 1.43 bits per heavy atom. The van der Waals surface area contributed by atoms with Crippen LogP contribution < -0.4 is 9.47 Å². The molecular formula is C20H18F6N2O6S. The molecule has 0 aromatic heterocycles. The Hall–Kier alpha value is -3.49. The molecule has 0 saturated heterocycles. The topological polar surface area (TPSA) is 95.8 Å². The Morgan fingerprint density at radius 2 is 1.11 bits per heavy atom. The minimum absolute atomic E-state index is 0.0309. The van der Waals surface area contributed by atoms with E-state index in [1.165, 1.54) is 24.3 Å². The van der Waals surface area contributed by atoms with Crippen LogP contribution in [0.25, 0.3) is 0 Å². The molecule has 2 aromatic rings. The largest absolute Gasteiger partial charge is 0.490 e. The average Bonchev–Trinajstić information content (AvgIpc) is 2.74. The van der Waals surface area contributed by atoms with E-state index in [1.54, 1.807) is 0 Å². The minimum atomic E-state index is -4.98. The summed E-state index contributed by atoms with van der Waals surface area (Å²) >= 11 is 0. The minimum Gasteiger partial charge on any atom is -0.490 e. The molecule has 0 atom stereocenters. The molecule has 0 bridgehead atoms. The average molecular weight is 528 g/mol. The second kappa shape index (κ2) is 11.3. The van der Waals surface area contributed by atoms with E-state index in [9.17, 15) is 34.8 Å². The van der Waals surface area contributed by atoms with Gasteiger partial charge in [-0.2, -0.15) is 34.8 Å². The first-order valence-electron chi connectivity index (χ1n) is 9.39. The second-order valence-corrected chi connectivity index (χ2v) is 8.14. The van der Waals surface area contributed by atoms with Gasteiger partial charge in [0.1, 0.15) is 31.8 Å². The molecule has 192 valence electrons. The molecule has 0 fully saturated rings. The molecule has 2 aromatic carbocycles. The van der Waals surface area contributed by atoms with Crippen LogP contribution in [0.3, 0.4) is 0 Å². The van der Waals surface area contributed by atoms with E-state index in [1.807, 2.05) is 0 Å². The van der Waals surface area contributed by atoms with Crippen molar-refractivity contribution < 1.29 is 53.4 Å². The molecule has 0 aliphatic heterocycles. The summed E-state index contributed by atoms with van der Waals surface area (Å²) in [5.41, 5.74) is -3.45. The second-order valence-electron chi connectivity index (χ2n) is 6.58. The van der Waals surface area contributed by atoms with Crippen LogP contribution in [-0.2, 0) is 19.2 Å². The first-order chi connectivity index (χ1) is 16.2. The van der Waals surface area contributed by atoms with Gasteiger partial charge in [-0.05, 0) is 48.5 Å². The molecular weight excluding hydrogens is 510 g/mol. The van der Waals surface area contributed by atoms with Crippen molar-refractivity contribution in [3.63, 3.8) is 0 Å². The van der Waals surface area contributed by atoms with Gasteiger partial charge in [-0.15, -0.1) is 0 Å². The fourth-order valence-electron chi connectivity index (χ4n) is 2.47. The molecule has 0 amide bonds. The number of nitrogens with zero attached hydrogens (tertiary/aromatic N) is 2. The maximum Gasteiger partial charge on any atom is 0.437 e. The summed E-state index contributed by atoms with van der Waals surface area (Å²) in [7, 11) is -3.24. The highest BCUT2D eigenvalue weighted by atomic mass is 32.2. The van der Waals surface area contributed by atoms with Crippen molar-refractivity contribution in [2.24, 2.45) is 10.3 Å². The van der Waals surface area contributed by atoms with Crippen molar-refractivity contribution in [2.45, 2.75) is 12.4 Å². The van der Waals surface area contributed by atoms with Gasteiger partial charge < -0.3 is 14.3 Å². The zero-order chi connectivity index (χ0) is 26.3. The lowest BCUT2D eigenvalue weighted by atomic mass is 10.1. The zero-order valence-electron chi connectivity index (χ0n) is 18.1. The number of rotatable bonds is 10. The summed E-state index contributed by atoms with van der Waals surface area (Å²) in [6.07, 6.45) is -9.14. The third-order valence-corrected chi connectivity index (χ3v) is 4.21. The highest BCUT2D eigenvalue weighted by Crippen LogP contribution is 2.26. The number of hydrogen-bond acceptors (Lipinski definition) is 8. The number of benzene rings is 2. The van der Waals surface area contributed by atoms with Gasteiger partial charge in [0.2, 0.25) is 0 Å². The molecule has 0 aliphatic rings. The van der Waals surface area contributed by atoms with E-state index in [2.05, 4.69) is 19.4 Å². The monoisotopic (exact) mass is 528 g/mol. The van der Waals surface area contributed by atoms with Gasteiger partial charge >= 0.3 is 22.5 Å². The molecule has 2 rings (SSSR count). The molecule has 15 heteroatoms. The molecule has 0 unspecified atom stereocenters. The summed E-state index contributed by atoms with van der Waals surface area (Å²) in [4.78, 5) is 4.23. The SMILES string of the molecule is CO/N=C(/c1ccc(OCCOc2ccc(/C(=N/OS(C)(=O)=O)C(F)(F)F)cc2)cc1)C(F)(F)F. The van der Waals surface area contributed by atoms with Crippen molar-refractivity contribution in [3.8, 4) is 11.5 Å². The van der Waals surface area contributed by atoms with E-state index in [4.69, 9.17) is 9.47 Å². The van der Waals surface area contributed by atoms with E-state index in [0.29, 0.717) is 6.26 Å². The first-order valence-corrected chi connectivity index (χ1v) is 11.2. The molecule has 35 heavy (non-hydrogen) atoms. The summed E-state index contributed by atoms with van der Waals surface area (Å²) in [5, 5.41) is 5.66. The molecule has 0 spiro atoms. The van der Waals surface area contributed by atoms with Crippen LogP contribution in [-0.4, -0.2) is 58.8 Å². The van der Waals surface area contributed by atoms with Gasteiger partial charge in [0.05, 0.1) is 6.26 Å². The lowest BCUT2D eigenvalue weighted by Crippen LogP contribution is -2.24. The van der Waals surface area contributed by atoms with E-state index >= 15 is 0 Å². The Labute approximate surface area is 195 Å². The molecule has 0 radical (unpaired) electrons. The molecule has 8 nitrogen and oxygen atoms in total. The fourth-order valence-corrected chi connectivity index (χ4v) is 2.68. The van der Waals surface area contributed by atoms with Gasteiger partial charge in [0, 0.05) is 11.1 Å². The van der Waals surface area contributed by atoms with Gasteiger partial charge in [-0.25, -0.2) is 0 Å². The third kappa shape index (κ3) is 8.99. The quantitative estimate of drug-likeness (QED) is 0.198. The molecule has 0 N–H and O–H groups in total. The van der Waals surface area contributed by atoms with E-state index in [-0.39, 0.29) is 30.3 Å². The summed E-state index contributed by atoms with van der Waals surface area (Å²) in [5.74, 6) is 0.410. The molecule has 0 saturated carbocycles.